The molecule has 0 bridgehead atoms. The molecule has 5 nitrogen and oxygen atoms in total. The van der Waals surface area contributed by atoms with Crippen LogP contribution in [0.15, 0.2) is 41.0 Å². The molecule has 1 aromatic heterocycles. The maximum atomic E-state index is 12.4. The number of hydrogen-bond acceptors (Lipinski definition) is 4. The molecule has 0 aliphatic heterocycles. The van der Waals surface area contributed by atoms with E-state index < -0.39 is 17.4 Å². The lowest BCUT2D eigenvalue weighted by molar-refractivity contribution is -0.146. The predicted octanol–water partition coefficient (Wildman–Crippen LogP) is 3.85. The van der Waals surface area contributed by atoms with Gasteiger partial charge in [0.05, 0.1) is 18.4 Å². The molecular weight excluding hydrogens is 344 g/mol. The molecule has 0 saturated heterocycles. The predicted molar refractivity (Wildman–Crippen MR) is 101 cm³/mol. The molecule has 0 aliphatic rings. The summed E-state index contributed by atoms with van der Waals surface area (Å²) in [6.07, 6.45) is 7.38. The number of benzene rings is 1. The Bertz CT molecular complexity index is 842. The number of carbonyl (C=O) groups is 2. The standard InChI is InChI=1S/C22H24O5/c1-5-8-16-13-17(10-11-19(16)20(23)26-6-2)22(15(3)4,21(24)25)14-18-9-7-12-27-18/h1,7,9-13,15H,6,8,14H2,2-4H3,(H,24,25). The van der Waals surface area contributed by atoms with Crippen LogP contribution in [0.1, 0.15) is 48.0 Å². The highest BCUT2D eigenvalue weighted by Gasteiger charge is 2.44. The molecule has 1 aromatic carbocycles. The number of aliphatic carboxylic acids is 1. The lowest BCUT2D eigenvalue weighted by atomic mass is 9.68. The summed E-state index contributed by atoms with van der Waals surface area (Å²) < 4.78 is 10.5. The van der Waals surface area contributed by atoms with Gasteiger partial charge in [-0.15, -0.1) is 12.3 Å². The molecule has 0 spiro atoms. The summed E-state index contributed by atoms with van der Waals surface area (Å²) in [6.45, 7) is 5.69. The van der Waals surface area contributed by atoms with E-state index >= 15 is 0 Å². The van der Waals surface area contributed by atoms with Gasteiger partial charge in [-0.1, -0.05) is 26.0 Å². The van der Waals surface area contributed by atoms with Gasteiger partial charge < -0.3 is 14.3 Å². The Kier molecular flexibility index (Phi) is 6.46. The van der Waals surface area contributed by atoms with Crippen LogP contribution in [0.5, 0.6) is 0 Å². The van der Waals surface area contributed by atoms with Crippen LogP contribution in [0.2, 0.25) is 0 Å². The molecule has 0 radical (unpaired) electrons. The molecule has 0 fully saturated rings. The van der Waals surface area contributed by atoms with Gasteiger partial charge in [0, 0.05) is 12.8 Å². The van der Waals surface area contributed by atoms with E-state index in [0.29, 0.717) is 22.5 Å². The number of terminal acetylenes is 1. The summed E-state index contributed by atoms with van der Waals surface area (Å²) in [6, 6.07) is 8.47. The number of carbonyl (C=O) groups excluding carboxylic acids is 1. The average molecular weight is 368 g/mol. The van der Waals surface area contributed by atoms with Gasteiger partial charge in [-0.05, 0) is 42.2 Å². The fraction of sp³-hybridized carbons (Fsp3) is 0.364. The number of rotatable bonds is 8. The molecule has 1 heterocycles. The van der Waals surface area contributed by atoms with Crippen molar-refractivity contribution < 1.29 is 23.8 Å². The minimum atomic E-state index is -1.21. The van der Waals surface area contributed by atoms with E-state index in [1.54, 1.807) is 37.3 Å². The van der Waals surface area contributed by atoms with E-state index in [1.807, 2.05) is 13.8 Å². The summed E-state index contributed by atoms with van der Waals surface area (Å²) >= 11 is 0. The second-order valence-electron chi connectivity index (χ2n) is 6.66. The van der Waals surface area contributed by atoms with E-state index in [-0.39, 0.29) is 25.4 Å². The number of carboxylic acid groups (broad SMARTS) is 1. The Morgan fingerprint density at radius 2 is 2.07 bits per heavy atom. The Morgan fingerprint density at radius 1 is 1.33 bits per heavy atom. The van der Waals surface area contributed by atoms with Crippen molar-refractivity contribution in [3.8, 4) is 12.3 Å². The Labute approximate surface area is 159 Å². The zero-order valence-corrected chi connectivity index (χ0v) is 15.8. The zero-order chi connectivity index (χ0) is 20.0. The van der Waals surface area contributed by atoms with Crippen molar-refractivity contribution >= 4 is 11.9 Å². The van der Waals surface area contributed by atoms with Crippen molar-refractivity contribution in [2.45, 2.75) is 39.0 Å². The van der Waals surface area contributed by atoms with Crippen molar-refractivity contribution in [2.24, 2.45) is 5.92 Å². The molecule has 0 amide bonds. The first-order valence-corrected chi connectivity index (χ1v) is 8.86. The van der Waals surface area contributed by atoms with Gasteiger partial charge in [-0.25, -0.2) is 4.79 Å². The lowest BCUT2D eigenvalue weighted by Gasteiger charge is -2.34. The topological polar surface area (TPSA) is 76.7 Å². The maximum absolute atomic E-state index is 12.4. The molecule has 5 heteroatoms. The molecule has 2 rings (SSSR count). The first-order chi connectivity index (χ1) is 12.9. The van der Waals surface area contributed by atoms with Crippen LogP contribution in [0.4, 0.5) is 0 Å². The quantitative estimate of drug-likeness (QED) is 0.566. The summed E-state index contributed by atoms with van der Waals surface area (Å²) in [5.74, 6) is 1.46. The molecule has 27 heavy (non-hydrogen) atoms. The monoisotopic (exact) mass is 368 g/mol. The average Bonchev–Trinajstić information content (AvgIpc) is 3.12. The van der Waals surface area contributed by atoms with Gasteiger partial charge in [-0.2, -0.15) is 0 Å². The van der Waals surface area contributed by atoms with Crippen molar-refractivity contribution in [3.63, 3.8) is 0 Å². The third-order valence-corrected chi connectivity index (χ3v) is 4.81. The molecule has 0 saturated carbocycles. The molecule has 1 atom stereocenters. The Balaban J connectivity index is 2.61. The second-order valence-corrected chi connectivity index (χ2v) is 6.66. The summed E-state index contributed by atoms with van der Waals surface area (Å²) in [5, 5.41) is 10.2. The molecule has 0 aliphatic carbocycles. The van der Waals surface area contributed by atoms with E-state index in [2.05, 4.69) is 5.92 Å². The molecule has 1 unspecified atom stereocenters. The molecular formula is C22H24O5. The summed E-state index contributed by atoms with van der Waals surface area (Å²) in [5.41, 5.74) is 0.312. The fourth-order valence-electron chi connectivity index (χ4n) is 3.31. The first kappa shape index (κ1) is 20.3. The highest BCUT2D eigenvalue weighted by molar-refractivity contribution is 5.92. The number of ether oxygens (including phenoxy) is 1. The fourth-order valence-corrected chi connectivity index (χ4v) is 3.31. The highest BCUT2D eigenvalue weighted by atomic mass is 16.5. The summed E-state index contributed by atoms with van der Waals surface area (Å²) in [4.78, 5) is 24.6. The number of furan rings is 1. The van der Waals surface area contributed by atoms with Gasteiger partial charge in [-0.3, -0.25) is 4.79 Å². The zero-order valence-electron chi connectivity index (χ0n) is 15.8. The van der Waals surface area contributed by atoms with Crippen LogP contribution in [0, 0.1) is 18.3 Å². The smallest absolute Gasteiger partial charge is 0.338 e. The van der Waals surface area contributed by atoms with Gasteiger partial charge >= 0.3 is 11.9 Å². The number of carboxylic acids is 1. The van der Waals surface area contributed by atoms with E-state index in [9.17, 15) is 14.7 Å². The lowest BCUT2D eigenvalue weighted by Crippen LogP contribution is -2.43. The normalized spacial score (nSPS) is 13.0. The molecule has 142 valence electrons. The van der Waals surface area contributed by atoms with Crippen molar-refractivity contribution in [3.05, 3.63) is 59.0 Å². The van der Waals surface area contributed by atoms with Gasteiger partial charge in [0.2, 0.25) is 0 Å². The maximum Gasteiger partial charge on any atom is 0.338 e. The van der Waals surface area contributed by atoms with E-state index in [1.165, 1.54) is 6.26 Å². The molecule has 2 aromatic rings. The van der Waals surface area contributed by atoms with Crippen molar-refractivity contribution in [1.82, 2.24) is 0 Å². The van der Waals surface area contributed by atoms with Crippen LogP contribution in [0.3, 0.4) is 0 Å². The van der Waals surface area contributed by atoms with Crippen molar-refractivity contribution in [2.75, 3.05) is 6.61 Å². The third kappa shape index (κ3) is 4.06. The van der Waals surface area contributed by atoms with Crippen LogP contribution >= 0.6 is 0 Å². The van der Waals surface area contributed by atoms with Crippen LogP contribution in [-0.2, 0) is 27.8 Å². The minimum absolute atomic E-state index is 0.196. The number of hydrogen-bond donors (Lipinski definition) is 1. The minimum Gasteiger partial charge on any atom is -0.481 e. The van der Waals surface area contributed by atoms with E-state index in [4.69, 9.17) is 15.6 Å². The Morgan fingerprint density at radius 3 is 2.59 bits per heavy atom. The van der Waals surface area contributed by atoms with Crippen LogP contribution in [-0.4, -0.2) is 23.7 Å². The Hall–Kier alpha value is -3.00. The first-order valence-electron chi connectivity index (χ1n) is 8.86. The van der Waals surface area contributed by atoms with Gasteiger partial charge in [0.15, 0.2) is 0 Å². The second kappa shape index (κ2) is 8.59. The largest absolute Gasteiger partial charge is 0.481 e. The van der Waals surface area contributed by atoms with Crippen LogP contribution in [0.25, 0.3) is 0 Å². The molecule has 1 N–H and O–H groups in total. The van der Waals surface area contributed by atoms with Crippen molar-refractivity contribution in [1.29, 1.82) is 0 Å². The van der Waals surface area contributed by atoms with Crippen LogP contribution < -0.4 is 0 Å². The number of esters is 1. The SMILES string of the molecule is C#CCc1cc(C(Cc2ccco2)(C(=O)O)C(C)C)ccc1C(=O)OCC. The van der Waals surface area contributed by atoms with Gasteiger partial charge in [0.1, 0.15) is 11.2 Å². The summed E-state index contributed by atoms with van der Waals surface area (Å²) in [7, 11) is 0. The van der Waals surface area contributed by atoms with Gasteiger partial charge in [0.25, 0.3) is 0 Å². The third-order valence-electron chi connectivity index (χ3n) is 4.81. The van der Waals surface area contributed by atoms with E-state index in [0.717, 1.165) is 0 Å². The highest BCUT2D eigenvalue weighted by Crippen LogP contribution is 2.38.